The third-order valence-corrected chi connectivity index (χ3v) is 3.55. The van der Waals surface area contributed by atoms with Crippen LogP contribution in [0.2, 0.25) is 0 Å². The Morgan fingerprint density at radius 2 is 2.00 bits per heavy atom. The first-order chi connectivity index (χ1) is 8.66. The molecule has 18 heavy (non-hydrogen) atoms. The van der Waals surface area contributed by atoms with E-state index in [0.717, 1.165) is 25.9 Å². The Balaban J connectivity index is 1.64. The summed E-state index contributed by atoms with van der Waals surface area (Å²) in [4.78, 5) is 25.4. The van der Waals surface area contributed by atoms with Crippen molar-refractivity contribution >= 4 is 11.8 Å². The highest BCUT2D eigenvalue weighted by atomic mass is 16.2. The van der Waals surface area contributed by atoms with Crippen LogP contribution >= 0.6 is 0 Å². The molecule has 0 saturated carbocycles. The maximum Gasteiger partial charge on any atom is 0.227 e. The van der Waals surface area contributed by atoms with Crippen LogP contribution < -0.4 is 11.1 Å². The number of nitrogens with two attached hydrogens (primary N) is 1. The lowest BCUT2D eigenvalue weighted by Crippen LogP contribution is -2.35. The Morgan fingerprint density at radius 1 is 1.28 bits per heavy atom. The van der Waals surface area contributed by atoms with Crippen molar-refractivity contribution in [3.8, 4) is 0 Å². The number of amides is 2. The third kappa shape index (κ3) is 3.32. The van der Waals surface area contributed by atoms with Gasteiger partial charge in [-0.2, -0.15) is 0 Å². The fraction of sp³-hybridized carbons (Fsp3) is 0.692. The van der Waals surface area contributed by atoms with Crippen molar-refractivity contribution in [3.63, 3.8) is 0 Å². The topological polar surface area (TPSA) is 75.4 Å². The number of carbonyl (C=O) groups excluding carboxylic acids is 2. The molecule has 0 bridgehead atoms. The van der Waals surface area contributed by atoms with Crippen LogP contribution in [0.5, 0.6) is 0 Å². The minimum absolute atomic E-state index is 0.00742. The molecule has 1 saturated heterocycles. The van der Waals surface area contributed by atoms with Crippen molar-refractivity contribution in [1.29, 1.82) is 0 Å². The van der Waals surface area contributed by atoms with Crippen LogP contribution in [0.15, 0.2) is 12.2 Å². The summed E-state index contributed by atoms with van der Waals surface area (Å²) in [7, 11) is 0. The second kappa shape index (κ2) is 6.00. The first-order valence-corrected chi connectivity index (χ1v) is 6.66. The zero-order valence-corrected chi connectivity index (χ0v) is 10.6. The highest BCUT2D eigenvalue weighted by molar-refractivity contribution is 5.82. The molecule has 2 amide bonds. The zero-order valence-electron chi connectivity index (χ0n) is 10.6. The number of hydrogen-bond donors (Lipinski definition) is 2. The summed E-state index contributed by atoms with van der Waals surface area (Å²) in [6, 6.07) is -0.00742. The van der Waals surface area contributed by atoms with E-state index in [1.54, 1.807) is 0 Å². The predicted octanol–water partition coefficient (Wildman–Crippen LogP) is 0.0185. The maximum atomic E-state index is 11.8. The van der Waals surface area contributed by atoms with Crippen LogP contribution in [-0.2, 0) is 9.59 Å². The molecule has 1 aliphatic heterocycles. The van der Waals surface area contributed by atoms with Gasteiger partial charge in [0.05, 0.1) is 5.92 Å². The number of carbonyl (C=O) groups is 2. The number of nitrogens with one attached hydrogen (secondary N) is 1. The molecule has 2 rings (SSSR count). The Kier molecular flexibility index (Phi) is 4.36. The van der Waals surface area contributed by atoms with Gasteiger partial charge in [-0.05, 0) is 19.3 Å². The van der Waals surface area contributed by atoms with Gasteiger partial charge in [-0.1, -0.05) is 12.2 Å². The molecule has 1 aliphatic carbocycles. The monoisotopic (exact) mass is 251 g/mol. The smallest absolute Gasteiger partial charge is 0.227 e. The van der Waals surface area contributed by atoms with Gasteiger partial charge in [0.2, 0.25) is 11.8 Å². The van der Waals surface area contributed by atoms with Gasteiger partial charge in [0.15, 0.2) is 0 Å². The van der Waals surface area contributed by atoms with E-state index in [1.807, 2.05) is 17.1 Å². The molecule has 100 valence electrons. The summed E-state index contributed by atoms with van der Waals surface area (Å²) in [6.07, 6.45) is 6.98. The average molecular weight is 251 g/mol. The molecule has 3 N–H and O–H groups in total. The largest absolute Gasteiger partial charge is 0.355 e. The molecular formula is C13H21N3O2. The van der Waals surface area contributed by atoms with Crippen molar-refractivity contribution < 1.29 is 9.59 Å². The first kappa shape index (κ1) is 13.1. The van der Waals surface area contributed by atoms with Crippen molar-refractivity contribution in [2.24, 2.45) is 11.7 Å². The van der Waals surface area contributed by atoms with Crippen LogP contribution in [0, 0.1) is 5.92 Å². The van der Waals surface area contributed by atoms with Crippen molar-refractivity contribution in [2.75, 3.05) is 19.6 Å². The van der Waals surface area contributed by atoms with E-state index >= 15 is 0 Å². The predicted molar refractivity (Wildman–Crippen MR) is 68.7 cm³/mol. The third-order valence-electron chi connectivity index (χ3n) is 3.55. The molecule has 0 aromatic rings. The molecule has 0 spiro atoms. The Bertz CT molecular complexity index is 348. The SMILES string of the molecule is NC1C=CC(C(=O)NCCC(=O)N2CCCC2)C1. The lowest BCUT2D eigenvalue weighted by molar-refractivity contribution is -0.130. The van der Waals surface area contributed by atoms with Crippen molar-refractivity contribution in [1.82, 2.24) is 10.2 Å². The zero-order chi connectivity index (χ0) is 13.0. The molecule has 0 radical (unpaired) electrons. The van der Waals surface area contributed by atoms with E-state index in [2.05, 4.69) is 5.32 Å². The Labute approximate surface area is 107 Å². The molecule has 1 heterocycles. The van der Waals surface area contributed by atoms with E-state index in [0.29, 0.717) is 19.4 Å². The second-order valence-corrected chi connectivity index (χ2v) is 5.02. The van der Waals surface area contributed by atoms with Crippen LogP contribution in [0.25, 0.3) is 0 Å². The lowest BCUT2D eigenvalue weighted by atomic mass is 10.1. The van der Waals surface area contributed by atoms with E-state index in [4.69, 9.17) is 5.73 Å². The summed E-state index contributed by atoms with van der Waals surface area (Å²) >= 11 is 0. The molecule has 0 aromatic carbocycles. The summed E-state index contributed by atoms with van der Waals surface area (Å²) in [6.45, 7) is 2.16. The Morgan fingerprint density at radius 3 is 2.61 bits per heavy atom. The van der Waals surface area contributed by atoms with Crippen molar-refractivity contribution in [3.05, 3.63) is 12.2 Å². The molecule has 2 unspecified atom stereocenters. The molecule has 5 nitrogen and oxygen atoms in total. The maximum absolute atomic E-state index is 11.8. The van der Waals surface area contributed by atoms with Gasteiger partial charge in [-0.15, -0.1) is 0 Å². The van der Waals surface area contributed by atoms with E-state index in [1.165, 1.54) is 0 Å². The molecule has 5 heteroatoms. The van der Waals surface area contributed by atoms with E-state index in [9.17, 15) is 9.59 Å². The number of rotatable bonds is 4. The van der Waals surface area contributed by atoms with Gasteiger partial charge in [-0.25, -0.2) is 0 Å². The molecule has 2 aliphatic rings. The minimum Gasteiger partial charge on any atom is -0.355 e. The summed E-state index contributed by atoms with van der Waals surface area (Å²) in [5, 5.41) is 2.81. The van der Waals surface area contributed by atoms with Gasteiger partial charge < -0.3 is 16.0 Å². The van der Waals surface area contributed by atoms with E-state index in [-0.39, 0.29) is 23.8 Å². The fourth-order valence-corrected chi connectivity index (χ4v) is 2.47. The molecule has 2 atom stereocenters. The Hall–Kier alpha value is -1.36. The van der Waals surface area contributed by atoms with E-state index < -0.39 is 0 Å². The average Bonchev–Trinajstić information content (AvgIpc) is 2.99. The van der Waals surface area contributed by atoms with Gasteiger partial charge in [-0.3, -0.25) is 9.59 Å². The van der Waals surface area contributed by atoms with Gasteiger partial charge >= 0.3 is 0 Å². The number of hydrogen-bond acceptors (Lipinski definition) is 3. The van der Waals surface area contributed by atoms with Crippen LogP contribution in [0.4, 0.5) is 0 Å². The molecule has 0 aromatic heterocycles. The quantitative estimate of drug-likeness (QED) is 0.692. The van der Waals surface area contributed by atoms with Gasteiger partial charge in [0.1, 0.15) is 0 Å². The first-order valence-electron chi connectivity index (χ1n) is 6.66. The standard InChI is InChI=1S/C13H21N3O2/c14-11-4-3-10(9-11)13(18)15-6-5-12(17)16-7-1-2-8-16/h3-4,10-11H,1-2,5-9,14H2,(H,15,18). The fourth-order valence-electron chi connectivity index (χ4n) is 2.47. The number of likely N-dealkylation sites (tertiary alicyclic amines) is 1. The van der Waals surface area contributed by atoms with Crippen LogP contribution in [0.3, 0.4) is 0 Å². The van der Waals surface area contributed by atoms with Crippen LogP contribution in [-0.4, -0.2) is 42.4 Å². The highest BCUT2D eigenvalue weighted by Gasteiger charge is 2.23. The highest BCUT2D eigenvalue weighted by Crippen LogP contribution is 2.16. The number of nitrogens with zero attached hydrogens (tertiary/aromatic N) is 1. The van der Waals surface area contributed by atoms with Gasteiger partial charge in [0, 0.05) is 32.1 Å². The van der Waals surface area contributed by atoms with Crippen molar-refractivity contribution in [2.45, 2.75) is 31.7 Å². The summed E-state index contributed by atoms with van der Waals surface area (Å²) in [5.74, 6) is 0.00164. The van der Waals surface area contributed by atoms with Gasteiger partial charge in [0.25, 0.3) is 0 Å². The molecular weight excluding hydrogens is 230 g/mol. The normalized spacial score (nSPS) is 26.6. The minimum atomic E-state index is -0.123. The molecule has 1 fully saturated rings. The summed E-state index contributed by atoms with van der Waals surface area (Å²) in [5.41, 5.74) is 5.69. The lowest BCUT2D eigenvalue weighted by Gasteiger charge is -2.16. The van der Waals surface area contributed by atoms with Crippen LogP contribution in [0.1, 0.15) is 25.7 Å². The second-order valence-electron chi connectivity index (χ2n) is 5.02. The summed E-state index contributed by atoms with van der Waals surface area (Å²) < 4.78 is 0.